The second-order valence-corrected chi connectivity index (χ2v) is 7.30. The van der Waals surface area contributed by atoms with Gasteiger partial charge in [-0.3, -0.25) is 4.90 Å². The molecule has 0 bridgehead atoms. The first-order valence-electron chi connectivity index (χ1n) is 7.97. The molecule has 0 amide bonds. The Bertz CT molecular complexity index is 377. The summed E-state index contributed by atoms with van der Waals surface area (Å²) in [6, 6.07) is -1.15. The van der Waals surface area contributed by atoms with Gasteiger partial charge in [-0.15, -0.1) is 0 Å². The van der Waals surface area contributed by atoms with Gasteiger partial charge in [-0.05, 0) is 19.3 Å². The molecule has 0 aromatic heterocycles. The minimum Gasteiger partial charge on any atom is -0.380 e. The fourth-order valence-electron chi connectivity index (χ4n) is 3.69. The van der Waals surface area contributed by atoms with Crippen molar-refractivity contribution in [2.24, 2.45) is 11.1 Å². The van der Waals surface area contributed by atoms with E-state index in [0.717, 1.165) is 39.3 Å². The molecule has 1 aliphatic carbocycles. The predicted molar refractivity (Wildman–Crippen MR) is 75.4 cm³/mol. The molecule has 0 spiro atoms. The largest absolute Gasteiger partial charge is 0.380 e. The number of hydrogen-bond acceptors (Lipinski definition) is 4. The normalized spacial score (nSPS) is 39.1. The van der Waals surface area contributed by atoms with Gasteiger partial charge < -0.3 is 15.2 Å². The minimum absolute atomic E-state index is 0.0412. The Morgan fingerprint density at radius 3 is 2.76 bits per heavy atom. The summed E-state index contributed by atoms with van der Waals surface area (Å²) in [5.74, 6) is -2.78. The van der Waals surface area contributed by atoms with Crippen molar-refractivity contribution in [1.82, 2.24) is 4.90 Å². The fraction of sp³-hybridized carbons (Fsp3) is 1.00. The minimum atomic E-state index is -2.78. The average Bonchev–Trinajstić information content (AvgIpc) is 2.80. The van der Waals surface area contributed by atoms with Crippen LogP contribution in [0.4, 0.5) is 8.78 Å². The van der Waals surface area contributed by atoms with Crippen molar-refractivity contribution in [2.75, 3.05) is 32.8 Å². The van der Waals surface area contributed by atoms with E-state index in [1.807, 2.05) is 0 Å². The van der Waals surface area contributed by atoms with Crippen LogP contribution in [0.25, 0.3) is 0 Å². The third-order valence-corrected chi connectivity index (χ3v) is 4.99. The number of hydrogen-bond donors (Lipinski definition) is 1. The Morgan fingerprint density at radius 2 is 2.10 bits per heavy atom. The monoisotopic (exact) mass is 304 g/mol. The Hall–Kier alpha value is -0.300. The molecule has 2 N–H and O–H groups in total. The van der Waals surface area contributed by atoms with Crippen molar-refractivity contribution >= 4 is 0 Å². The molecule has 0 aromatic carbocycles. The highest BCUT2D eigenvalue weighted by molar-refractivity contribution is 4.94. The van der Waals surface area contributed by atoms with E-state index in [-0.39, 0.29) is 17.9 Å². The van der Waals surface area contributed by atoms with Crippen molar-refractivity contribution in [3.63, 3.8) is 0 Å². The molecule has 6 heteroatoms. The number of rotatable bonds is 4. The van der Waals surface area contributed by atoms with E-state index in [9.17, 15) is 8.78 Å². The highest BCUT2D eigenvalue weighted by Crippen LogP contribution is 2.35. The fourth-order valence-corrected chi connectivity index (χ4v) is 3.69. The quantitative estimate of drug-likeness (QED) is 0.857. The number of likely N-dealkylation sites (tertiary alicyclic amines) is 1. The van der Waals surface area contributed by atoms with E-state index >= 15 is 0 Å². The molecule has 2 aliphatic heterocycles. The summed E-state index contributed by atoms with van der Waals surface area (Å²) < 4.78 is 38.5. The van der Waals surface area contributed by atoms with Gasteiger partial charge in [-0.1, -0.05) is 6.92 Å². The van der Waals surface area contributed by atoms with Crippen molar-refractivity contribution in [3.05, 3.63) is 0 Å². The Labute approximate surface area is 124 Å². The number of nitrogens with zero attached hydrogens (tertiary/aromatic N) is 1. The standard InChI is InChI=1S/C15H26F2N2O2/c1-14(9-20-10-14)8-19-6-4-11(7-19)21-12-3-2-5-15(16,17)13(12)18/h11-13H,2-10,18H2,1H3/t11-,12-,13+/m0/s1. The van der Waals surface area contributed by atoms with Crippen LogP contribution in [0.5, 0.6) is 0 Å². The maximum atomic E-state index is 13.6. The molecule has 4 nitrogen and oxygen atoms in total. The van der Waals surface area contributed by atoms with Crippen LogP contribution >= 0.6 is 0 Å². The van der Waals surface area contributed by atoms with Gasteiger partial charge in [-0.2, -0.15) is 0 Å². The third-order valence-electron chi connectivity index (χ3n) is 4.99. The second kappa shape index (κ2) is 5.72. The number of ether oxygens (including phenoxy) is 2. The average molecular weight is 304 g/mol. The van der Waals surface area contributed by atoms with Crippen LogP contribution in [0.15, 0.2) is 0 Å². The summed E-state index contributed by atoms with van der Waals surface area (Å²) in [7, 11) is 0. The van der Waals surface area contributed by atoms with E-state index in [2.05, 4.69) is 11.8 Å². The van der Waals surface area contributed by atoms with Gasteiger partial charge in [0.05, 0.1) is 31.5 Å². The maximum Gasteiger partial charge on any atom is 0.265 e. The first kappa shape index (κ1) is 15.6. The molecule has 3 atom stereocenters. The maximum absolute atomic E-state index is 13.6. The lowest BCUT2D eigenvalue weighted by molar-refractivity contribution is -0.133. The lowest BCUT2D eigenvalue weighted by Gasteiger charge is -2.41. The van der Waals surface area contributed by atoms with Gasteiger partial charge in [0.25, 0.3) is 5.92 Å². The number of nitrogens with two attached hydrogens (primary N) is 1. The van der Waals surface area contributed by atoms with Gasteiger partial charge in [0.1, 0.15) is 0 Å². The molecule has 122 valence electrons. The Kier molecular flexibility index (Phi) is 4.25. The zero-order valence-corrected chi connectivity index (χ0v) is 12.7. The van der Waals surface area contributed by atoms with Crippen LogP contribution in [0.2, 0.25) is 0 Å². The molecule has 3 fully saturated rings. The van der Waals surface area contributed by atoms with Gasteiger partial charge in [0, 0.05) is 31.5 Å². The van der Waals surface area contributed by atoms with Crippen LogP contribution in [0.1, 0.15) is 32.6 Å². The van der Waals surface area contributed by atoms with Crippen LogP contribution < -0.4 is 5.73 Å². The zero-order chi connectivity index (χ0) is 15.1. The van der Waals surface area contributed by atoms with Crippen LogP contribution in [-0.2, 0) is 9.47 Å². The SMILES string of the molecule is CC1(CN2CC[C@H](O[C@H]3CCCC(F)(F)[C@@H]3N)C2)COC1. The van der Waals surface area contributed by atoms with E-state index in [1.54, 1.807) is 0 Å². The summed E-state index contributed by atoms with van der Waals surface area (Å²) in [5.41, 5.74) is 5.95. The summed E-state index contributed by atoms with van der Waals surface area (Å²) in [6.45, 7) is 6.65. The molecule has 3 rings (SSSR count). The highest BCUT2D eigenvalue weighted by Gasteiger charge is 2.46. The Balaban J connectivity index is 1.48. The van der Waals surface area contributed by atoms with E-state index < -0.39 is 18.1 Å². The second-order valence-electron chi connectivity index (χ2n) is 7.30. The molecular weight excluding hydrogens is 278 g/mol. The van der Waals surface area contributed by atoms with Crippen molar-refractivity contribution < 1.29 is 18.3 Å². The third kappa shape index (κ3) is 3.38. The van der Waals surface area contributed by atoms with Gasteiger partial charge in [0.15, 0.2) is 0 Å². The molecule has 2 saturated heterocycles. The predicted octanol–water partition coefficient (Wildman–Crippen LogP) is 1.63. The lowest BCUT2D eigenvalue weighted by Crippen LogP contribution is -2.54. The van der Waals surface area contributed by atoms with Crippen LogP contribution in [-0.4, -0.2) is 61.9 Å². The number of alkyl halides is 2. The molecule has 3 aliphatic rings. The molecule has 0 unspecified atom stereocenters. The van der Waals surface area contributed by atoms with Gasteiger partial charge >= 0.3 is 0 Å². The zero-order valence-electron chi connectivity index (χ0n) is 12.7. The summed E-state index contributed by atoms with van der Waals surface area (Å²) in [6.07, 6.45) is 1.49. The van der Waals surface area contributed by atoms with Crippen LogP contribution in [0.3, 0.4) is 0 Å². The summed E-state index contributed by atoms with van der Waals surface area (Å²) in [5, 5.41) is 0. The summed E-state index contributed by atoms with van der Waals surface area (Å²) in [4.78, 5) is 2.36. The van der Waals surface area contributed by atoms with E-state index in [0.29, 0.717) is 12.8 Å². The molecule has 21 heavy (non-hydrogen) atoms. The van der Waals surface area contributed by atoms with E-state index in [4.69, 9.17) is 15.2 Å². The topological polar surface area (TPSA) is 47.7 Å². The van der Waals surface area contributed by atoms with Gasteiger partial charge in [-0.25, -0.2) is 8.78 Å². The van der Waals surface area contributed by atoms with Gasteiger partial charge in [0.2, 0.25) is 0 Å². The molecule has 0 radical (unpaired) electrons. The smallest absolute Gasteiger partial charge is 0.265 e. The molecule has 1 saturated carbocycles. The molecule has 0 aromatic rings. The Morgan fingerprint density at radius 1 is 1.33 bits per heavy atom. The van der Waals surface area contributed by atoms with Crippen molar-refractivity contribution in [1.29, 1.82) is 0 Å². The van der Waals surface area contributed by atoms with Crippen molar-refractivity contribution in [3.8, 4) is 0 Å². The first-order valence-corrected chi connectivity index (χ1v) is 7.97. The summed E-state index contributed by atoms with van der Waals surface area (Å²) >= 11 is 0. The lowest BCUT2D eigenvalue weighted by atomic mass is 9.88. The van der Waals surface area contributed by atoms with Crippen molar-refractivity contribution in [2.45, 2.75) is 56.8 Å². The number of halogens is 2. The van der Waals surface area contributed by atoms with Crippen LogP contribution in [0, 0.1) is 5.41 Å². The van der Waals surface area contributed by atoms with E-state index in [1.165, 1.54) is 0 Å². The highest BCUT2D eigenvalue weighted by atomic mass is 19.3. The first-order chi connectivity index (χ1) is 9.88. The molecular formula is C15H26F2N2O2. The molecule has 2 heterocycles.